The van der Waals surface area contributed by atoms with Crippen molar-refractivity contribution in [1.29, 1.82) is 0 Å². The molecule has 5 heteroatoms. The molecule has 1 aliphatic carbocycles. The van der Waals surface area contributed by atoms with Gasteiger partial charge in [0.2, 0.25) is 0 Å². The Morgan fingerprint density at radius 1 is 1.40 bits per heavy atom. The maximum atomic E-state index is 13.9. The quantitative estimate of drug-likeness (QED) is 0.881. The Bertz CT molecular complexity index is 593. The molecular formula is C15H17FN2O2. The van der Waals surface area contributed by atoms with Crippen molar-refractivity contribution in [1.82, 2.24) is 10.5 Å². The van der Waals surface area contributed by atoms with Gasteiger partial charge in [0.25, 0.3) is 0 Å². The molecule has 1 saturated carbocycles. The first-order valence-corrected chi connectivity index (χ1v) is 6.77. The van der Waals surface area contributed by atoms with E-state index < -0.39 is 0 Å². The molecule has 0 spiro atoms. The summed E-state index contributed by atoms with van der Waals surface area (Å²) >= 11 is 0. The van der Waals surface area contributed by atoms with Crippen LogP contribution in [-0.2, 0) is 13.2 Å². The van der Waals surface area contributed by atoms with E-state index in [1.807, 2.05) is 6.07 Å². The Labute approximate surface area is 116 Å². The molecule has 0 bridgehead atoms. The lowest BCUT2D eigenvalue weighted by molar-refractivity contribution is 0.275. The summed E-state index contributed by atoms with van der Waals surface area (Å²) in [5.41, 5.74) is 1.58. The second-order valence-electron chi connectivity index (χ2n) is 5.14. The maximum absolute atomic E-state index is 13.9. The summed E-state index contributed by atoms with van der Waals surface area (Å²) in [4.78, 5) is 0. The minimum Gasteiger partial charge on any atom is -0.484 e. The Kier molecular flexibility index (Phi) is 3.69. The molecule has 20 heavy (non-hydrogen) atoms. The summed E-state index contributed by atoms with van der Waals surface area (Å²) in [6.45, 7) is 2.71. The van der Waals surface area contributed by atoms with Crippen LogP contribution in [0.1, 0.15) is 29.9 Å². The summed E-state index contributed by atoms with van der Waals surface area (Å²) < 4.78 is 24.2. The smallest absolute Gasteiger partial charge is 0.165 e. The maximum Gasteiger partial charge on any atom is 0.165 e. The highest BCUT2D eigenvalue weighted by Crippen LogP contribution is 2.22. The van der Waals surface area contributed by atoms with E-state index in [4.69, 9.17) is 9.26 Å². The highest BCUT2D eigenvalue weighted by atomic mass is 19.1. The van der Waals surface area contributed by atoms with Gasteiger partial charge in [-0.15, -0.1) is 0 Å². The van der Waals surface area contributed by atoms with Crippen LogP contribution < -0.4 is 10.1 Å². The highest BCUT2D eigenvalue weighted by molar-refractivity contribution is 5.29. The molecule has 106 valence electrons. The van der Waals surface area contributed by atoms with Crippen molar-refractivity contribution < 1.29 is 13.7 Å². The van der Waals surface area contributed by atoms with Gasteiger partial charge in [-0.1, -0.05) is 11.2 Å². The number of benzene rings is 1. The number of hydrogen-bond donors (Lipinski definition) is 1. The molecule has 2 aromatic rings. The van der Waals surface area contributed by atoms with E-state index >= 15 is 0 Å². The molecule has 3 rings (SSSR count). The summed E-state index contributed by atoms with van der Waals surface area (Å²) in [6.07, 6.45) is 2.45. The Balaban J connectivity index is 1.58. The number of rotatable bonds is 6. The first kappa shape index (κ1) is 13.1. The van der Waals surface area contributed by atoms with Crippen molar-refractivity contribution in [2.45, 2.75) is 39.0 Å². The van der Waals surface area contributed by atoms with Crippen molar-refractivity contribution in [2.24, 2.45) is 0 Å². The fourth-order valence-corrected chi connectivity index (χ4v) is 1.96. The number of nitrogens with zero attached hydrogens (tertiary/aromatic N) is 1. The second-order valence-corrected chi connectivity index (χ2v) is 5.14. The Hall–Kier alpha value is -1.88. The van der Waals surface area contributed by atoms with Crippen LogP contribution in [0.25, 0.3) is 0 Å². The third-order valence-electron chi connectivity index (χ3n) is 3.22. The zero-order chi connectivity index (χ0) is 13.9. The van der Waals surface area contributed by atoms with Crippen molar-refractivity contribution >= 4 is 0 Å². The molecule has 0 saturated heterocycles. The van der Waals surface area contributed by atoms with Crippen molar-refractivity contribution in [3.05, 3.63) is 47.1 Å². The lowest BCUT2D eigenvalue weighted by Gasteiger charge is -2.08. The van der Waals surface area contributed by atoms with Crippen molar-refractivity contribution in [3.63, 3.8) is 0 Å². The lowest BCUT2D eigenvalue weighted by atomic mass is 10.2. The standard InChI is InChI=1S/C15H17FN2O2/c1-10-6-13(18-20-10)9-19-15-5-2-11(7-14(15)16)8-17-12-3-4-12/h2,5-7,12,17H,3-4,8-9H2,1H3. The lowest BCUT2D eigenvalue weighted by Crippen LogP contribution is -2.15. The molecule has 1 fully saturated rings. The molecule has 1 N–H and O–H groups in total. The molecule has 0 atom stereocenters. The number of nitrogens with one attached hydrogen (secondary N) is 1. The fourth-order valence-electron chi connectivity index (χ4n) is 1.96. The number of ether oxygens (including phenoxy) is 1. The van der Waals surface area contributed by atoms with Gasteiger partial charge in [0.1, 0.15) is 18.1 Å². The minimum absolute atomic E-state index is 0.202. The predicted octanol–water partition coefficient (Wildman–Crippen LogP) is 2.95. The predicted molar refractivity (Wildman–Crippen MR) is 71.8 cm³/mol. The highest BCUT2D eigenvalue weighted by Gasteiger charge is 2.20. The fraction of sp³-hybridized carbons (Fsp3) is 0.400. The van der Waals surface area contributed by atoms with E-state index in [0.717, 1.165) is 5.56 Å². The molecule has 0 aliphatic heterocycles. The Morgan fingerprint density at radius 2 is 2.25 bits per heavy atom. The van der Waals surface area contributed by atoms with Crippen LogP contribution in [0.3, 0.4) is 0 Å². The monoisotopic (exact) mass is 276 g/mol. The zero-order valence-corrected chi connectivity index (χ0v) is 11.4. The van der Waals surface area contributed by atoms with Gasteiger partial charge in [-0.05, 0) is 37.5 Å². The first-order valence-electron chi connectivity index (χ1n) is 6.77. The third kappa shape index (κ3) is 3.36. The number of hydrogen-bond acceptors (Lipinski definition) is 4. The molecular weight excluding hydrogens is 259 g/mol. The summed E-state index contributed by atoms with van der Waals surface area (Å²) in [6, 6.07) is 7.43. The van der Waals surface area contributed by atoms with Crippen LogP contribution in [-0.4, -0.2) is 11.2 Å². The average Bonchev–Trinajstić information content (AvgIpc) is 3.17. The first-order chi connectivity index (χ1) is 9.70. The topological polar surface area (TPSA) is 47.3 Å². The number of aryl methyl sites for hydroxylation is 1. The van der Waals surface area contributed by atoms with Gasteiger partial charge < -0.3 is 14.6 Å². The number of aromatic nitrogens is 1. The van der Waals surface area contributed by atoms with Gasteiger partial charge in [-0.25, -0.2) is 4.39 Å². The minimum atomic E-state index is -0.347. The molecule has 0 amide bonds. The molecule has 0 radical (unpaired) electrons. The van der Waals surface area contributed by atoms with E-state index in [0.29, 0.717) is 24.0 Å². The molecule has 1 aliphatic rings. The van der Waals surface area contributed by atoms with Crippen LogP contribution in [0.15, 0.2) is 28.8 Å². The van der Waals surface area contributed by atoms with E-state index in [-0.39, 0.29) is 18.2 Å². The van der Waals surface area contributed by atoms with Crippen LogP contribution in [0.5, 0.6) is 5.75 Å². The Morgan fingerprint density at radius 3 is 2.90 bits per heavy atom. The average molecular weight is 276 g/mol. The van der Waals surface area contributed by atoms with Gasteiger partial charge in [0, 0.05) is 18.7 Å². The molecule has 4 nitrogen and oxygen atoms in total. The molecule has 1 aromatic heterocycles. The van der Waals surface area contributed by atoms with Gasteiger partial charge in [0.15, 0.2) is 11.6 Å². The van der Waals surface area contributed by atoms with Crippen LogP contribution in [0, 0.1) is 12.7 Å². The van der Waals surface area contributed by atoms with Crippen molar-refractivity contribution in [2.75, 3.05) is 0 Å². The van der Waals surface area contributed by atoms with E-state index in [9.17, 15) is 4.39 Å². The summed E-state index contributed by atoms with van der Waals surface area (Å²) in [5, 5.41) is 7.15. The normalized spacial score (nSPS) is 14.5. The van der Waals surface area contributed by atoms with Crippen LogP contribution in [0.2, 0.25) is 0 Å². The van der Waals surface area contributed by atoms with Gasteiger partial charge in [-0.2, -0.15) is 0 Å². The summed E-state index contributed by atoms with van der Waals surface area (Å²) in [5.74, 6) is 0.603. The van der Waals surface area contributed by atoms with E-state index in [1.54, 1.807) is 19.1 Å². The summed E-state index contributed by atoms with van der Waals surface area (Å²) in [7, 11) is 0. The van der Waals surface area contributed by atoms with Crippen LogP contribution >= 0.6 is 0 Å². The molecule has 1 aromatic carbocycles. The van der Waals surface area contributed by atoms with Gasteiger partial charge in [-0.3, -0.25) is 0 Å². The van der Waals surface area contributed by atoms with Crippen LogP contribution in [0.4, 0.5) is 4.39 Å². The second kappa shape index (κ2) is 5.63. The van der Waals surface area contributed by atoms with Gasteiger partial charge in [0.05, 0.1) is 0 Å². The van der Waals surface area contributed by atoms with E-state index in [1.165, 1.54) is 18.9 Å². The third-order valence-corrected chi connectivity index (χ3v) is 3.22. The molecule has 1 heterocycles. The zero-order valence-electron chi connectivity index (χ0n) is 11.4. The molecule has 0 unspecified atom stereocenters. The van der Waals surface area contributed by atoms with Gasteiger partial charge >= 0.3 is 0 Å². The van der Waals surface area contributed by atoms with Crippen molar-refractivity contribution in [3.8, 4) is 5.75 Å². The number of halogens is 1. The van der Waals surface area contributed by atoms with E-state index in [2.05, 4.69) is 10.5 Å². The SMILES string of the molecule is Cc1cc(COc2ccc(CNC3CC3)cc2F)no1. The largest absolute Gasteiger partial charge is 0.484 e.